The molecule has 0 aromatic carbocycles. The molecule has 19 heavy (non-hydrogen) atoms. The van der Waals surface area contributed by atoms with Crippen LogP contribution in [0.3, 0.4) is 0 Å². The number of esters is 2. The van der Waals surface area contributed by atoms with E-state index in [0.717, 1.165) is 0 Å². The van der Waals surface area contributed by atoms with Crippen molar-refractivity contribution in [2.45, 2.75) is 41.0 Å². The summed E-state index contributed by atoms with van der Waals surface area (Å²) in [5, 5.41) is 0. The second kappa shape index (κ2) is 9.59. The van der Waals surface area contributed by atoms with Gasteiger partial charge >= 0.3 is 11.9 Å². The second-order valence-corrected chi connectivity index (χ2v) is 5.11. The van der Waals surface area contributed by atoms with Gasteiger partial charge in [-0.05, 0) is 31.1 Å². The maximum Gasteiger partial charge on any atom is 0.417 e. The zero-order valence-corrected chi connectivity index (χ0v) is 12.6. The van der Waals surface area contributed by atoms with Crippen LogP contribution >= 0.6 is 0 Å². The molecule has 0 aromatic heterocycles. The number of ether oxygens (including phenoxy) is 2. The highest BCUT2D eigenvalue weighted by atomic mass is 16.6. The normalized spacial score (nSPS) is 14.4. The van der Waals surface area contributed by atoms with E-state index >= 15 is 0 Å². The topological polar surface area (TPSA) is 52.6 Å². The zero-order valence-electron chi connectivity index (χ0n) is 12.6. The average Bonchev–Trinajstić information content (AvgIpc) is 2.35. The van der Waals surface area contributed by atoms with Crippen LogP contribution in [0.5, 0.6) is 0 Å². The minimum absolute atomic E-state index is 0.181. The molecule has 0 spiro atoms. The smallest absolute Gasteiger partial charge is 0.417 e. The predicted molar refractivity (Wildman–Crippen MR) is 74.5 cm³/mol. The van der Waals surface area contributed by atoms with Gasteiger partial charge in [-0.15, -0.1) is 0 Å². The van der Waals surface area contributed by atoms with Crippen molar-refractivity contribution in [3.8, 4) is 0 Å². The molecule has 0 rings (SSSR count). The van der Waals surface area contributed by atoms with E-state index in [4.69, 9.17) is 4.74 Å². The lowest BCUT2D eigenvalue weighted by atomic mass is 9.95. The first-order chi connectivity index (χ1) is 8.88. The molecule has 0 amide bonds. The predicted octanol–water partition coefficient (Wildman–Crippen LogP) is 2.97. The Morgan fingerprint density at radius 2 is 1.58 bits per heavy atom. The van der Waals surface area contributed by atoms with E-state index in [1.807, 2.05) is 0 Å². The van der Waals surface area contributed by atoms with Crippen LogP contribution in [0.25, 0.3) is 0 Å². The largest absolute Gasteiger partial charge is 0.458 e. The summed E-state index contributed by atoms with van der Waals surface area (Å²) in [4.78, 5) is 22.2. The van der Waals surface area contributed by atoms with E-state index in [0.29, 0.717) is 24.2 Å². The summed E-state index contributed by atoms with van der Waals surface area (Å²) >= 11 is 0. The Balaban J connectivity index is 3.89. The average molecular weight is 270 g/mol. The number of hydrogen-bond acceptors (Lipinski definition) is 4. The van der Waals surface area contributed by atoms with E-state index in [-0.39, 0.29) is 13.2 Å². The molecule has 0 aliphatic carbocycles. The van der Waals surface area contributed by atoms with Gasteiger partial charge in [0.05, 0.1) is 13.2 Å². The fourth-order valence-electron chi connectivity index (χ4n) is 1.27. The summed E-state index contributed by atoms with van der Waals surface area (Å²) in [5.74, 6) is -0.362. The molecule has 2 unspecified atom stereocenters. The molecule has 0 aliphatic rings. The molecule has 0 saturated heterocycles. The highest BCUT2D eigenvalue weighted by molar-refractivity contribution is 6.29. The first-order valence-corrected chi connectivity index (χ1v) is 6.90. The minimum atomic E-state index is -0.917. The maximum atomic E-state index is 11.2. The molecule has 2 atom stereocenters. The Hall–Kier alpha value is -1.32. The Kier molecular flexibility index (Phi) is 8.92. The Bertz CT molecular complexity index is 307. The highest BCUT2D eigenvalue weighted by Crippen LogP contribution is 2.13. The van der Waals surface area contributed by atoms with Gasteiger partial charge in [0, 0.05) is 0 Å². The Labute approximate surface area is 116 Å². The molecule has 0 saturated carbocycles. The van der Waals surface area contributed by atoms with Crippen molar-refractivity contribution >= 4 is 11.9 Å². The molecular weight excluding hydrogens is 244 g/mol. The molecule has 0 fully saturated rings. The lowest BCUT2D eigenvalue weighted by molar-refractivity contribution is -0.167. The summed E-state index contributed by atoms with van der Waals surface area (Å²) in [6.07, 6.45) is 5.01. The molecule has 0 N–H and O–H groups in total. The molecule has 4 nitrogen and oxygen atoms in total. The summed E-state index contributed by atoms with van der Waals surface area (Å²) in [6.45, 7) is 10.7. The quantitative estimate of drug-likeness (QED) is 0.405. The van der Waals surface area contributed by atoms with Gasteiger partial charge in [0.1, 0.15) is 0 Å². The van der Waals surface area contributed by atoms with Crippen molar-refractivity contribution < 1.29 is 19.1 Å². The summed E-state index contributed by atoms with van der Waals surface area (Å²) < 4.78 is 9.37. The summed E-state index contributed by atoms with van der Waals surface area (Å²) in [5.41, 5.74) is 0. The van der Waals surface area contributed by atoms with E-state index in [1.54, 1.807) is 6.92 Å². The van der Waals surface area contributed by atoms with Gasteiger partial charge in [0.2, 0.25) is 0 Å². The number of allylic oxidation sites excluding steroid dienone is 2. The van der Waals surface area contributed by atoms with E-state index in [1.165, 1.54) is 0 Å². The van der Waals surface area contributed by atoms with Crippen molar-refractivity contribution in [1.82, 2.24) is 0 Å². The third kappa shape index (κ3) is 8.41. The van der Waals surface area contributed by atoms with Crippen LogP contribution in [0.1, 0.15) is 41.0 Å². The standard InChI is InChI=1S/C15H26O4/c1-6-18-14(16)15(17)19-10-9-12(4)7-8-13(5)11(2)3/h7-8,11-13H,6,9-10H2,1-5H3. The first kappa shape index (κ1) is 17.7. The van der Waals surface area contributed by atoms with Crippen LogP contribution < -0.4 is 0 Å². The van der Waals surface area contributed by atoms with Crippen LogP contribution in [0.2, 0.25) is 0 Å². The highest BCUT2D eigenvalue weighted by Gasteiger charge is 2.16. The number of carbonyl (C=O) groups excluding carboxylic acids is 2. The molecule has 0 heterocycles. The lowest BCUT2D eigenvalue weighted by Crippen LogP contribution is -2.21. The Morgan fingerprint density at radius 1 is 1.00 bits per heavy atom. The van der Waals surface area contributed by atoms with Gasteiger partial charge in [-0.3, -0.25) is 0 Å². The van der Waals surface area contributed by atoms with Crippen molar-refractivity contribution in [2.24, 2.45) is 17.8 Å². The molecule has 110 valence electrons. The van der Waals surface area contributed by atoms with Gasteiger partial charge in [-0.25, -0.2) is 9.59 Å². The maximum absolute atomic E-state index is 11.2. The molecule has 0 bridgehead atoms. The second-order valence-electron chi connectivity index (χ2n) is 5.11. The third-order valence-corrected chi connectivity index (χ3v) is 3.04. The van der Waals surface area contributed by atoms with Crippen molar-refractivity contribution in [1.29, 1.82) is 0 Å². The molecule has 0 aliphatic heterocycles. The van der Waals surface area contributed by atoms with Gasteiger partial charge in [-0.1, -0.05) is 39.8 Å². The monoisotopic (exact) mass is 270 g/mol. The van der Waals surface area contributed by atoms with Gasteiger partial charge in [0.25, 0.3) is 0 Å². The van der Waals surface area contributed by atoms with Crippen molar-refractivity contribution in [2.75, 3.05) is 13.2 Å². The van der Waals surface area contributed by atoms with Gasteiger partial charge in [0.15, 0.2) is 0 Å². The van der Waals surface area contributed by atoms with Gasteiger partial charge in [-0.2, -0.15) is 0 Å². The van der Waals surface area contributed by atoms with E-state index in [9.17, 15) is 9.59 Å². The van der Waals surface area contributed by atoms with Crippen LogP contribution in [-0.2, 0) is 19.1 Å². The molecule has 4 heteroatoms. The van der Waals surface area contributed by atoms with Crippen LogP contribution in [0, 0.1) is 17.8 Å². The lowest BCUT2D eigenvalue weighted by Gasteiger charge is -2.12. The molecule has 0 aromatic rings. The Morgan fingerprint density at radius 3 is 2.11 bits per heavy atom. The SMILES string of the molecule is CCOC(=O)C(=O)OCCC(C)C=CC(C)C(C)C. The third-order valence-electron chi connectivity index (χ3n) is 3.04. The fourth-order valence-corrected chi connectivity index (χ4v) is 1.27. The summed E-state index contributed by atoms with van der Waals surface area (Å²) in [6, 6.07) is 0. The molecular formula is C15H26O4. The van der Waals surface area contributed by atoms with Crippen molar-refractivity contribution in [3.63, 3.8) is 0 Å². The van der Waals surface area contributed by atoms with Crippen LogP contribution in [0.15, 0.2) is 12.2 Å². The van der Waals surface area contributed by atoms with Crippen LogP contribution in [-0.4, -0.2) is 25.2 Å². The van der Waals surface area contributed by atoms with Gasteiger partial charge < -0.3 is 9.47 Å². The fraction of sp³-hybridized carbons (Fsp3) is 0.733. The number of rotatable bonds is 7. The minimum Gasteiger partial charge on any atom is -0.458 e. The first-order valence-electron chi connectivity index (χ1n) is 6.90. The van der Waals surface area contributed by atoms with Crippen molar-refractivity contribution in [3.05, 3.63) is 12.2 Å². The van der Waals surface area contributed by atoms with Crippen LogP contribution in [0.4, 0.5) is 0 Å². The molecule has 0 radical (unpaired) electrons. The summed E-state index contributed by atoms with van der Waals surface area (Å²) in [7, 11) is 0. The zero-order chi connectivity index (χ0) is 14.8. The van der Waals surface area contributed by atoms with E-state index < -0.39 is 11.9 Å². The number of carbonyl (C=O) groups is 2. The van der Waals surface area contributed by atoms with E-state index in [2.05, 4.69) is 44.6 Å². The number of hydrogen-bond donors (Lipinski definition) is 0.